The average molecular weight is 221 g/mol. The monoisotopic (exact) mass is 221 g/mol. The van der Waals surface area contributed by atoms with Crippen LogP contribution in [-0.2, 0) is 11.2 Å². The molecule has 1 aromatic rings. The summed E-state index contributed by atoms with van der Waals surface area (Å²) in [4.78, 5) is 0. The summed E-state index contributed by atoms with van der Waals surface area (Å²) in [6.45, 7) is 2.20. The molecule has 3 nitrogen and oxygen atoms in total. The van der Waals surface area contributed by atoms with Gasteiger partial charge in [0.25, 0.3) is 0 Å². The van der Waals surface area contributed by atoms with Crippen molar-refractivity contribution in [3.8, 4) is 5.75 Å². The van der Waals surface area contributed by atoms with E-state index in [1.54, 1.807) is 0 Å². The van der Waals surface area contributed by atoms with Gasteiger partial charge in [0.05, 0.1) is 13.2 Å². The summed E-state index contributed by atoms with van der Waals surface area (Å²) in [5, 5.41) is 0. The lowest BCUT2D eigenvalue weighted by molar-refractivity contribution is -0.0799. The van der Waals surface area contributed by atoms with Crippen molar-refractivity contribution in [1.29, 1.82) is 0 Å². The second-order valence-corrected chi connectivity index (χ2v) is 4.13. The van der Waals surface area contributed by atoms with Gasteiger partial charge in [0.2, 0.25) is 0 Å². The SMILES string of the molecule is NCCCCc1ccccc1OC1COC1. The van der Waals surface area contributed by atoms with Crippen LogP contribution in [0.5, 0.6) is 5.75 Å². The molecule has 1 heterocycles. The van der Waals surface area contributed by atoms with Crippen LogP contribution in [-0.4, -0.2) is 25.9 Å². The van der Waals surface area contributed by atoms with E-state index in [1.807, 2.05) is 12.1 Å². The van der Waals surface area contributed by atoms with Crippen molar-refractivity contribution in [3.63, 3.8) is 0 Å². The number of hydrogen-bond acceptors (Lipinski definition) is 3. The number of unbranched alkanes of at least 4 members (excludes halogenated alkanes) is 1. The molecule has 2 rings (SSSR count). The molecule has 16 heavy (non-hydrogen) atoms. The Morgan fingerprint density at radius 1 is 1.25 bits per heavy atom. The molecular weight excluding hydrogens is 202 g/mol. The summed E-state index contributed by atoms with van der Waals surface area (Å²) in [5.41, 5.74) is 6.77. The fourth-order valence-electron chi connectivity index (χ4n) is 1.75. The number of rotatable bonds is 6. The fraction of sp³-hybridized carbons (Fsp3) is 0.538. The predicted molar refractivity (Wildman–Crippen MR) is 63.7 cm³/mol. The van der Waals surface area contributed by atoms with Crippen LogP contribution in [0.3, 0.4) is 0 Å². The molecule has 0 amide bonds. The Labute approximate surface area is 96.5 Å². The van der Waals surface area contributed by atoms with Gasteiger partial charge in [0.1, 0.15) is 11.9 Å². The highest BCUT2D eigenvalue weighted by atomic mass is 16.6. The van der Waals surface area contributed by atoms with Crippen LogP contribution >= 0.6 is 0 Å². The summed E-state index contributed by atoms with van der Waals surface area (Å²) in [5.74, 6) is 1.01. The van der Waals surface area contributed by atoms with E-state index in [4.69, 9.17) is 15.2 Å². The molecule has 2 N–H and O–H groups in total. The standard InChI is InChI=1S/C13H19NO2/c14-8-4-3-6-11-5-1-2-7-13(11)16-12-9-15-10-12/h1-2,5,7,12H,3-4,6,8-10,14H2. The molecule has 88 valence electrons. The molecular formula is C13H19NO2. The van der Waals surface area contributed by atoms with Crippen LogP contribution in [0, 0.1) is 0 Å². The van der Waals surface area contributed by atoms with E-state index in [9.17, 15) is 0 Å². The minimum atomic E-state index is 0.246. The zero-order chi connectivity index (χ0) is 11.2. The van der Waals surface area contributed by atoms with Crippen LogP contribution in [0.25, 0.3) is 0 Å². The Balaban J connectivity index is 1.92. The Kier molecular flexibility index (Phi) is 4.19. The van der Waals surface area contributed by atoms with Crippen LogP contribution < -0.4 is 10.5 Å². The molecule has 0 unspecified atom stereocenters. The maximum atomic E-state index is 5.86. The van der Waals surface area contributed by atoms with Gasteiger partial charge in [0, 0.05) is 0 Å². The smallest absolute Gasteiger partial charge is 0.145 e. The van der Waals surface area contributed by atoms with Gasteiger partial charge < -0.3 is 15.2 Å². The first kappa shape index (κ1) is 11.4. The van der Waals surface area contributed by atoms with E-state index in [0.29, 0.717) is 0 Å². The summed E-state index contributed by atoms with van der Waals surface area (Å²) in [6, 6.07) is 8.24. The van der Waals surface area contributed by atoms with Crippen molar-refractivity contribution in [3.05, 3.63) is 29.8 Å². The van der Waals surface area contributed by atoms with Gasteiger partial charge in [-0.3, -0.25) is 0 Å². The maximum absolute atomic E-state index is 5.86. The zero-order valence-electron chi connectivity index (χ0n) is 9.52. The van der Waals surface area contributed by atoms with Gasteiger partial charge in [-0.15, -0.1) is 0 Å². The highest BCUT2D eigenvalue weighted by Gasteiger charge is 2.20. The number of ether oxygens (including phenoxy) is 2. The first-order chi connectivity index (χ1) is 7.90. The van der Waals surface area contributed by atoms with Crippen LogP contribution in [0.15, 0.2) is 24.3 Å². The van der Waals surface area contributed by atoms with Crippen molar-refractivity contribution >= 4 is 0 Å². The Morgan fingerprint density at radius 2 is 2.06 bits per heavy atom. The molecule has 0 saturated carbocycles. The predicted octanol–water partition coefficient (Wildman–Crippen LogP) is 1.75. The minimum Gasteiger partial charge on any atom is -0.485 e. The molecule has 0 bridgehead atoms. The lowest BCUT2D eigenvalue weighted by Crippen LogP contribution is -2.38. The molecule has 0 aliphatic carbocycles. The average Bonchev–Trinajstić information content (AvgIpc) is 2.25. The molecule has 1 saturated heterocycles. The normalized spacial score (nSPS) is 15.8. The fourth-order valence-corrected chi connectivity index (χ4v) is 1.75. The van der Waals surface area contributed by atoms with Crippen molar-refractivity contribution < 1.29 is 9.47 Å². The molecule has 3 heteroatoms. The molecule has 0 aromatic heterocycles. The highest BCUT2D eigenvalue weighted by molar-refractivity contribution is 5.33. The quantitative estimate of drug-likeness (QED) is 0.744. The lowest BCUT2D eigenvalue weighted by Gasteiger charge is -2.27. The van der Waals surface area contributed by atoms with Crippen LogP contribution in [0.2, 0.25) is 0 Å². The molecule has 1 aromatic carbocycles. The molecule has 0 spiro atoms. The molecule has 1 aliphatic rings. The van der Waals surface area contributed by atoms with Gasteiger partial charge in [-0.25, -0.2) is 0 Å². The highest BCUT2D eigenvalue weighted by Crippen LogP contribution is 2.22. The Morgan fingerprint density at radius 3 is 2.75 bits per heavy atom. The van der Waals surface area contributed by atoms with Crippen LogP contribution in [0.1, 0.15) is 18.4 Å². The number of aryl methyl sites for hydroxylation is 1. The third-order valence-electron chi connectivity index (χ3n) is 2.77. The van der Waals surface area contributed by atoms with Crippen molar-refractivity contribution in [2.75, 3.05) is 19.8 Å². The van der Waals surface area contributed by atoms with Gasteiger partial charge in [-0.2, -0.15) is 0 Å². The molecule has 0 radical (unpaired) electrons. The number of para-hydroxylation sites is 1. The Hall–Kier alpha value is -1.06. The summed E-state index contributed by atoms with van der Waals surface area (Å²) in [7, 11) is 0. The molecule has 1 aliphatic heterocycles. The van der Waals surface area contributed by atoms with E-state index in [2.05, 4.69) is 12.1 Å². The first-order valence-corrected chi connectivity index (χ1v) is 5.92. The third-order valence-corrected chi connectivity index (χ3v) is 2.77. The maximum Gasteiger partial charge on any atom is 0.145 e. The third kappa shape index (κ3) is 2.97. The van der Waals surface area contributed by atoms with Crippen molar-refractivity contribution in [2.24, 2.45) is 5.73 Å². The molecule has 1 fully saturated rings. The van der Waals surface area contributed by atoms with E-state index >= 15 is 0 Å². The van der Waals surface area contributed by atoms with Crippen molar-refractivity contribution in [1.82, 2.24) is 0 Å². The Bertz CT molecular complexity index is 323. The summed E-state index contributed by atoms with van der Waals surface area (Å²) in [6.07, 6.45) is 3.48. The zero-order valence-corrected chi connectivity index (χ0v) is 9.52. The van der Waals surface area contributed by atoms with E-state index in [0.717, 1.165) is 44.8 Å². The summed E-state index contributed by atoms with van der Waals surface area (Å²) < 4.78 is 11.0. The second kappa shape index (κ2) is 5.87. The minimum absolute atomic E-state index is 0.246. The van der Waals surface area contributed by atoms with Crippen LogP contribution in [0.4, 0.5) is 0 Å². The van der Waals surface area contributed by atoms with Gasteiger partial charge in [-0.05, 0) is 37.4 Å². The summed E-state index contributed by atoms with van der Waals surface area (Å²) >= 11 is 0. The van der Waals surface area contributed by atoms with E-state index in [-0.39, 0.29) is 6.10 Å². The largest absolute Gasteiger partial charge is 0.485 e. The number of nitrogens with two attached hydrogens (primary N) is 1. The van der Waals surface area contributed by atoms with Gasteiger partial charge in [0.15, 0.2) is 0 Å². The second-order valence-electron chi connectivity index (χ2n) is 4.13. The van der Waals surface area contributed by atoms with Gasteiger partial charge in [-0.1, -0.05) is 18.2 Å². The topological polar surface area (TPSA) is 44.5 Å². The molecule has 0 atom stereocenters. The van der Waals surface area contributed by atoms with Gasteiger partial charge >= 0.3 is 0 Å². The number of hydrogen-bond donors (Lipinski definition) is 1. The lowest BCUT2D eigenvalue weighted by atomic mass is 10.1. The van der Waals surface area contributed by atoms with Crippen molar-refractivity contribution in [2.45, 2.75) is 25.4 Å². The number of benzene rings is 1. The van der Waals surface area contributed by atoms with E-state index in [1.165, 1.54) is 5.56 Å². The first-order valence-electron chi connectivity index (χ1n) is 5.92. The van der Waals surface area contributed by atoms with E-state index < -0.39 is 0 Å².